The normalized spacial score (nSPS) is 30.4. The van der Waals surface area contributed by atoms with Crippen LogP contribution in [0.5, 0.6) is 0 Å². The van der Waals surface area contributed by atoms with Gasteiger partial charge in [0.05, 0.1) is 12.1 Å². The van der Waals surface area contributed by atoms with E-state index in [1.165, 1.54) is 6.07 Å². The van der Waals surface area contributed by atoms with Crippen molar-refractivity contribution in [2.45, 2.75) is 31.5 Å². The summed E-state index contributed by atoms with van der Waals surface area (Å²) in [5, 5.41) is 4.43. The Morgan fingerprint density at radius 2 is 2.04 bits per heavy atom. The Labute approximate surface area is 142 Å². The Kier molecular flexibility index (Phi) is 4.37. The lowest BCUT2D eigenvalue weighted by Gasteiger charge is -2.37. The molecule has 0 N–H and O–H groups in total. The topological polar surface area (TPSA) is 30.3 Å². The lowest BCUT2D eigenvalue weighted by atomic mass is 9.77. The van der Waals surface area contributed by atoms with E-state index < -0.39 is 0 Å². The minimum absolute atomic E-state index is 0.151. The molecule has 0 unspecified atom stereocenters. The van der Waals surface area contributed by atoms with Crippen LogP contribution in [0.25, 0.3) is 0 Å². The molecule has 1 aromatic heterocycles. The number of hydrogen-bond acceptors (Lipinski definition) is 3. The standard InChI is InChI=1S/C19H24FN3O/c1-24-19-10-16-13-22(11-14-4-2-5-17(20)8-14)12-15(16)9-18(19)23-7-3-6-21-23/h2-8,15-16,18-19H,9-13H2,1H3/t15-,16+,18-,19-/m0/s1. The minimum atomic E-state index is -0.151. The number of aromatic nitrogens is 2. The van der Waals surface area contributed by atoms with Gasteiger partial charge in [0.15, 0.2) is 0 Å². The molecule has 1 saturated carbocycles. The van der Waals surface area contributed by atoms with Crippen LogP contribution in [0.1, 0.15) is 24.4 Å². The lowest BCUT2D eigenvalue weighted by molar-refractivity contribution is -0.00486. The minimum Gasteiger partial charge on any atom is -0.379 e. The van der Waals surface area contributed by atoms with Gasteiger partial charge in [-0.1, -0.05) is 12.1 Å². The number of methoxy groups -OCH3 is 1. The van der Waals surface area contributed by atoms with Gasteiger partial charge in [-0.05, 0) is 48.4 Å². The summed E-state index contributed by atoms with van der Waals surface area (Å²) in [6.45, 7) is 2.98. The van der Waals surface area contributed by atoms with Crippen LogP contribution in [0.2, 0.25) is 0 Å². The summed E-state index contributed by atoms with van der Waals surface area (Å²) in [5.74, 6) is 1.18. The molecule has 5 heteroatoms. The molecule has 4 atom stereocenters. The molecule has 0 spiro atoms. The lowest BCUT2D eigenvalue weighted by Crippen LogP contribution is -2.37. The molecule has 2 heterocycles. The van der Waals surface area contributed by atoms with E-state index in [1.54, 1.807) is 19.2 Å². The van der Waals surface area contributed by atoms with E-state index in [4.69, 9.17) is 4.74 Å². The average molecular weight is 329 g/mol. The quantitative estimate of drug-likeness (QED) is 0.863. The molecule has 24 heavy (non-hydrogen) atoms. The number of benzene rings is 1. The van der Waals surface area contributed by atoms with Crippen molar-refractivity contribution in [1.82, 2.24) is 14.7 Å². The molecular formula is C19H24FN3O. The van der Waals surface area contributed by atoms with Crippen LogP contribution in [0.3, 0.4) is 0 Å². The Morgan fingerprint density at radius 3 is 2.75 bits per heavy atom. The molecule has 2 fully saturated rings. The largest absolute Gasteiger partial charge is 0.379 e. The van der Waals surface area contributed by atoms with Crippen molar-refractivity contribution >= 4 is 0 Å². The van der Waals surface area contributed by atoms with Gasteiger partial charge in [0.2, 0.25) is 0 Å². The summed E-state index contributed by atoms with van der Waals surface area (Å²) in [6.07, 6.45) is 6.27. The number of likely N-dealkylation sites (tertiary alicyclic amines) is 1. The Hall–Kier alpha value is -1.72. The van der Waals surface area contributed by atoms with Crippen molar-refractivity contribution in [1.29, 1.82) is 0 Å². The first kappa shape index (κ1) is 15.8. The smallest absolute Gasteiger partial charge is 0.123 e. The summed E-state index contributed by atoms with van der Waals surface area (Å²) >= 11 is 0. The molecule has 0 radical (unpaired) electrons. The van der Waals surface area contributed by atoms with Crippen molar-refractivity contribution in [2.75, 3.05) is 20.2 Å². The molecule has 0 amide bonds. The summed E-state index contributed by atoms with van der Waals surface area (Å²) in [5.41, 5.74) is 1.06. The number of ether oxygens (including phenoxy) is 1. The fraction of sp³-hybridized carbons (Fsp3) is 0.526. The van der Waals surface area contributed by atoms with Crippen LogP contribution in [0, 0.1) is 17.7 Å². The Bertz CT molecular complexity index is 675. The molecular weight excluding hydrogens is 305 g/mol. The number of halogens is 1. The van der Waals surface area contributed by atoms with Crippen molar-refractivity contribution < 1.29 is 9.13 Å². The maximum atomic E-state index is 13.4. The number of rotatable bonds is 4. The first-order chi connectivity index (χ1) is 11.7. The van der Waals surface area contributed by atoms with Crippen LogP contribution in [0.15, 0.2) is 42.7 Å². The monoisotopic (exact) mass is 329 g/mol. The van der Waals surface area contributed by atoms with E-state index in [0.717, 1.165) is 38.0 Å². The molecule has 2 aromatic rings. The SMILES string of the molecule is CO[C@H]1C[C@@H]2CN(Cc3cccc(F)c3)C[C@@H]2C[C@@H]1n1cccn1. The van der Waals surface area contributed by atoms with Gasteiger partial charge in [-0.15, -0.1) is 0 Å². The van der Waals surface area contributed by atoms with Gasteiger partial charge in [0.25, 0.3) is 0 Å². The van der Waals surface area contributed by atoms with Gasteiger partial charge in [0, 0.05) is 39.1 Å². The third-order valence-corrected chi connectivity index (χ3v) is 5.62. The van der Waals surface area contributed by atoms with Crippen molar-refractivity contribution in [3.8, 4) is 0 Å². The second-order valence-electron chi connectivity index (χ2n) is 7.14. The van der Waals surface area contributed by atoms with Crippen LogP contribution >= 0.6 is 0 Å². The number of hydrogen-bond donors (Lipinski definition) is 0. The van der Waals surface area contributed by atoms with Gasteiger partial charge in [-0.25, -0.2) is 4.39 Å². The highest BCUT2D eigenvalue weighted by Gasteiger charge is 2.43. The van der Waals surface area contributed by atoms with Gasteiger partial charge < -0.3 is 4.74 Å². The molecule has 2 aliphatic rings. The van der Waals surface area contributed by atoms with Crippen molar-refractivity contribution in [3.05, 3.63) is 54.1 Å². The van der Waals surface area contributed by atoms with Crippen molar-refractivity contribution in [3.63, 3.8) is 0 Å². The van der Waals surface area contributed by atoms with E-state index in [0.29, 0.717) is 17.9 Å². The van der Waals surface area contributed by atoms with E-state index in [-0.39, 0.29) is 11.9 Å². The van der Waals surface area contributed by atoms with Crippen LogP contribution in [-0.2, 0) is 11.3 Å². The first-order valence-electron chi connectivity index (χ1n) is 8.71. The average Bonchev–Trinajstić information content (AvgIpc) is 3.22. The highest BCUT2D eigenvalue weighted by atomic mass is 19.1. The van der Waals surface area contributed by atoms with Crippen LogP contribution in [-0.4, -0.2) is 41.0 Å². The summed E-state index contributed by atoms with van der Waals surface area (Å²) < 4.78 is 21.2. The van der Waals surface area contributed by atoms with E-state index >= 15 is 0 Å². The fourth-order valence-electron chi connectivity index (χ4n) is 4.52. The molecule has 1 aromatic carbocycles. The molecule has 128 valence electrons. The van der Waals surface area contributed by atoms with Gasteiger partial charge >= 0.3 is 0 Å². The van der Waals surface area contributed by atoms with Crippen LogP contribution in [0.4, 0.5) is 4.39 Å². The predicted octanol–water partition coefficient (Wildman–Crippen LogP) is 3.12. The second-order valence-corrected chi connectivity index (χ2v) is 7.14. The van der Waals surface area contributed by atoms with Gasteiger partial charge in [0.1, 0.15) is 5.82 Å². The zero-order valence-corrected chi connectivity index (χ0v) is 14.0. The zero-order valence-electron chi connectivity index (χ0n) is 14.0. The molecule has 4 rings (SSSR count). The van der Waals surface area contributed by atoms with Crippen molar-refractivity contribution in [2.24, 2.45) is 11.8 Å². The van der Waals surface area contributed by atoms with E-state index in [1.807, 2.05) is 24.5 Å². The van der Waals surface area contributed by atoms with E-state index in [9.17, 15) is 4.39 Å². The zero-order chi connectivity index (χ0) is 16.5. The van der Waals surface area contributed by atoms with Gasteiger partial charge in [-0.2, -0.15) is 5.10 Å². The second kappa shape index (κ2) is 6.65. The van der Waals surface area contributed by atoms with E-state index in [2.05, 4.69) is 14.7 Å². The third-order valence-electron chi connectivity index (χ3n) is 5.62. The maximum absolute atomic E-state index is 13.4. The maximum Gasteiger partial charge on any atom is 0.123 e. The Balaban J connectivity index is 1.45. The molecule has 1 aliphatic heterocycles. The number of fused-ring (bicyclic) bond motifs is 1. The van der Waals surface area contributed by atoms with Crippen LogP contribution < -0.4 is 0 Å². The highest BCUT2D eigenvalue weighted by molar-refractivity contribution is 5.16. The third kappa shape index (κ3) is 3.10. The molecule has 1 aliphatic carbocycles. The summed E-state index contributed by atoms with van der Waals surface area (Å²) in [4.78, 5) is 2.46. The number of nitrogens with zero attached hydrogens (tertiary/aromatic N) is 3. The Morgan fingerprint density at radius 1 is 1.21 bits per heavy atom. The molecule has 1 saturated heterocycles. The molecule has 4 nitrogen and oxygen atoms in total. The fourth-order valence-corrected chi connectivity index (χ4v) is 4.52. The summed E-state index contributed by atoms with van der Waals surface area (Å²) in [6, 6.07) is 9.25. The predicted molar refractivity (Wildman–Crippen MR) is 90.0 cm³/mol. The van der Waals surface area contributed by atoms with Gasteiger partial charge in [-0.3, -0.25) is 9.58 Å². The summed E-state index contributed by atoms with van der Waals surface area (Å²) in [7, 11) is 1.81. The first-order valence-corrected chi connectivity index (χ1v) is 8.71. The highest BCUT2D eigenvalue weighted by Crippen LogP contribution is 2.42. The molecule has 0 bridgehead atoms.